The first-order valence-corrected chi connectivity index (χ1v) is 8.82. The molecule has 0 saturated carbocycles. The van der Waals surface area contributed by atoms with E-state index in [0.29, 0.717) is 24.6 Å². The summed E-state index contributed by atoms with van der Waals surface area (Å²) in [6.45, 7) is 4.71. The largest absolute Gasteiger partial charge is 0.352 e. The van der Waals surface area contributed by atoms with Crippen LogP contribution in [0.3, 0.4) is 0 Å². The predicted octanol–water partition coefficient (Wildman–Crippen LogP) is 3.22. The molecular weight excluding hydrogens is 345 g/mol. The van der Waals surface area contributed by atoms with Crippen molar-refractivity contribution >= 4 is 17.7 Å². The fourth-order valence-electron chi connectivity index (χ4n) is 2.36. The molecule has 0 saturated heterocycles. The zero-order valence-corrected chi connectivity index (χ0v) is 15.8. The first-order valence-electron chi connectivity index (χ1n) is 8.82. The van der Waals surface area contributed by atoms with Crippen molar-refractivity contribution in [1.29, 1.82) is 0 Å². The molecule has 0 aromatic heterocycles. The first kappa shape index (κ1) is 20.2. The highest BCUT2D eigenvalue weighted by Crippen LogP contribution is 2.09. The van der Waals surface area contributed by atoms with E-state index in [1.807, 2.05) is 38.1 Å². The van der Waals surface area contributed by atoms with Gasteiger partial charge < -0.3 is 21.3 Å². The third kappa shape index (κ3) is 6.97. The molecule has 0 spiro atoms. The van der Waals surface area contributed by atoms with Gasteiger partial charge in [-0.05, 0) is 37.6 Å². The van der Waals surface area contributed by atoms with Gasteiger partial charge in [-0.15, -0.1) is 0 Å². The van der Waals surface area contributed by atoms with Crippen LogP contribution in [0.2, 0.25) is 0 Å². The third-order valence-corrected chi connectivity index (χ3v) is 3.72. The number of nitrogens with one attached hydrogen (secondary N) is 4. The number of guanidine groups is 1. The number of urea groups is 1. The second-order valence-electron chi connectivity index (χ2n) is 6.32. The van der Waals surface area contributed by atoms with Gasteiger partial charge in [-0.2, -0.15) is 0 Å². The Morgan fingerprint density at radius 1 is 1.04 bits per heavy atom. The molecule has 0 unspecified atom stereocenters. The molecule has 2 aromatic rings. The van der Waals surface area contributed by atoms with Gasteiger partial charge in [-0.3, -0.25) is 4.99 Å². The Morgan fingerprint density at radius 2 is 1.70 bits per heavy atom. The van der Waals surface area contributed by atoms with Gasteiger partial charge in [-0.1, -0.05) is 30.3 Å². The molecule has 7 heteroatoms. The Bertz CT molecular complexity index is 774. The highest BCUT2D eigenvalue weighted by Gasteiger charge is 2.05. The number of rotatable bonds is 6. The van der Waals surface area contributed by atoms with Crippen LogP contribution in [0.1, 0.15) is 25.0 Å². The van der Waals surface area contributed by atoms with Crippen molar-refractivity contribution in [3.05, 3.63) is 65.5 Å². The molecule has 0 aliphatic rings. The van der Waals surface area contributed by atoms with Crippen LogP contribution in [-0.2, 0) is 13.1 Å². The molecule has 0 fully saturated rings. The molecule has 2 amide bonds. The summed E-state index contributed by atoms with van der Waals surface area (Å²) in [5, 5.41) is 11.8. The van der Waals surface area contributed by atoms with E-state index in [0.717, 1.165) is 11.3 Å². The standard InChI is InChI=1S/C20H26FN5O/c1-14(2)25-20(27)26-17-10-8-15(9-11-17)12-23-19(22-3)24-13-16-6-4-5-7-18(16)21/h4-11,14H,12-13H2,1-3H3,(H2,22,23,24)(H2,25,26,27). The summed E-state index contributed by atoms with van der Waals surface area (Å²) < 4.78 is 13.7. The molecule has 144 valence electrons. The van der Waals surface area contributed by atoms with Gasteiger partial charge in [0.1, 0.15) is 5.82 Å². The number of amides is 2. The van der Waals surface area contributed by atoms with Crippen molar-refractivity contribution in [3.63, 3.8) is 0 Å². The van der Waals surface area contributed by atoms with Crippen LogP contribution >= 0.6 is 0 Å². The van der Waals surface area contributed by atoms with Crippen LogP contribution in [0.5, 0.6) is 0 Å². The van der Waals surface area contributed by atoms with E-state index in [2.05, 4.69) is 26.3 Å². The van der Waals surface area contributed by atoms with Gasteiger partial charge in [0.2, 0.25) is 0 Å². The summed E-state index contributed by atoms with van der Waals surface area (Å²) in [5.41, 5.74) is 2.33. The molecule has 27 heavy (non-hydrogen) atoms. The van der Waals surface area contributed by atoms with Gasteiger partial charge in [0.25, 0.3) is 0 Å². The molecule has 0 radical (unpaired) electrons. The number of benzene rings is 2. The monoisotopic (exact) mass is 371 g/mol. The minimum Gasteiger partial charge on any atom is -0.352 e. The van der Waals surface area contributed by atoms with Crippen LogP contribution in [-0.4, -0.2) is 25.1 Å². The number of aliphatic imine (C=N–C) groups is 1. The highest BCUT2D eigenvalue weighted by atomic mass is 19.1. The molecule has 6 nitrogen and oxygen atoms in total. The summed E-state index contributed by atoms with van der Waals surface area (Å²) in [6, 6.07) is 14.0. The van der Waals surface area contributed by atoms with Gasteiger partial charge in [0, 0.05) is 37.4 Å². The van der Waals surface area contributed by atoms with E-state index in [9.17, 15) is 9.18 Å². The molecule has 0 atom stereocenters. The average molecular weight is 371 g/mol. The van der Waals surface area contributed by atoms with Gasteiger partial charge in [0.05, 0.1) is 0 Å². The molecule has 0 bridgehead atoms. The lowest BCUT2D eigenvalue weighted by molar-refractivity contribution is 0.250. The number of nitrogens with zero attached hydrogens (tertiary/aromatic N) is 1. The molecule has 0 aliphatic heterocycles. The minimum absolute atomic E-state index is 0.0806. The van der Waals surface area contributed by atoms with Crippen LogP contribution < -0.4 is 21.3 Å². The highest BCUT2D eigenvalue weighted by molar-refractivity contribution is 5.89. The number of carbonyl (C=O) groups excluding carboxylic acids is 1. The summed E-state index contributed by atoms with van der Waals surface area (Å²) >= 11 is 0. The van der Waals surface area contributed by atoms with Gasteiger partial charge in [0.15, 0.2) is 5.96 Å². The number of anilines is 1. The van der Waals surface area contributed by atoms with Gasteiger partial charge >= 0.3 is 6.03 Å². The van der Waals surface area contributed by atoms with Crippen LogP contribution in [0, 0.1) is 5.82 Å². The molecule has 0 aliphatic carbocycles. The Hall–Kier alpha value is -3.09. The van der Waals surface area contributed by atoms with E-state index < -0.39 is 0 Å². The maximum Gasteiger partial charge on any atom is 0.319 e. The Kier molecular flexibility index (Phi) is 7.61. The topological polar surface area (TPSA) is 77.5 Å². The Morgan fingerprint density at radius 3 is 2.33 bits per heavy atom. The Labute approximate surface area is 159 Å². The predicted molar refractivity (Wildman–Crippen MR) is 107 cm³/mol. The van der Waals surface area contributed by atoms with E-state index in [-0.39, 0.29) is 17.9 Å². The summed E-state index contributed by atoms with van der Waals surface area (Å²) in [6.07, 6.45) is 0. The first-order chi connectivity index (χ1) is 13.0. The van der Waals surface area contributed by atoms with E-state index in [4.69, 9.17) is 0 Å². The molecule has 0 heterocycles. The average Bonchev–Trinajstić information content (AvgIpc) is 2.63. The minimum atomic E-state index is -0.245. The van der Waals surface area contributed by atoms with Crippen LogP contribution in [0.4, 0.5) is 14.9 Å². The van der Waals surface area contributed by atoms with E-state index in [1.54, 1.807) is 25.2 Å². The number of hydrogen-bond donors (Lipinski definition) is 4. The lowest BCUT2D eigenvalue weighted by atomic mass is 10.2. The summed E-state index contributed by atoms with van der Waals surface area (Å²) in [7, 11) is 1.66. The number of carbonyl (C=O) groups is 1. The molecule has 4 N–H and O–H groups in total. The maximum absolute atomic E-state index is 13.7. The van der Waals surface area contributed by atoms with Crippen molar-refractivity contribution in [1.82, 2.24) is 16.0 Å². The zero-order valence-electron chi connectivity index (χ0n) is 15.8. The van der Waals surface area contributed by atoms with Crippen molar-refractivity contribution < 1.29 is 9.18 Å². The quantitative estimate of drug-likeness (QED) is 0.465. The van der Waals surface area contributed by atoms with Crippen molar-refractivity contribution in [2.24, 2.45) is 4.99 Å². The second-order valence-corrected chi connectivity index (χ2v) is 6.32. The fourth-order valence-corrected chi connectivity index (χ4v) is 2.36. The lowest BCUT2D eigenvalue weighted by Gasteiger charge is -2.13. The second kappa shape index (κ2) is 10.2. The van der Waals surface area contributed by atoms with Crippen molar-refractivity contribution in [2.75, 3.05) is 12.4 Å². The fraction of sp³-hybridized carbons (Fsp3) is 0.300. The smallest absolute Gasteiger partial charge is 0.319 e. The lowest BCUT2D eigenvalue weighted by Crippen LogP contribution is -2.36. The molecular formula is C20H26FN5O. The molecule has 2 aromatic carbocycles. The Balaban J connectivity index is 1.82. The van der Waals surface area contributed by atoms with Crippen molar-refractivity contribution in [3.8, 4) is 0 Å². The van der Waals surface area contributed by atoms with E-state index >= 15 is 0 Å². The maximum atomic E-state index is 13.7. The zero-order chi connectivity index (χ0) is 19.6. The number of hydrogen-bond acceptors (Lipinski definition) is 2. The van der Waals surface area contributed by atoms with Crippen LogP contribution in [0.25, 0.3) is 0 Å². The summed E-state index contributed by atoms with van der Waals surface area (Å²) in [5.74, 6) is 0.335. The van der Waals surface area contributed by atoms with E-state index in [1.165, 1.54) is 6.07 Å². The van der Waals surface area contributed by atoms with Crippen molar-refractivity contribution in [2.45, 2.75) is 33.0 Å². The SMILES string of the molecule is CN=C(NCc1ccc(NC(=O)NC(C)C)cc1)NCc1ccccc1F. The normalized spacial score (nSPS) is 11.2. The summed E-state index contributed by atoms with van der Waals surface area (Å²) in [4.78, 5) is 15.8. The third-order valence-electron chi connectivity index (χ3n) is 3.72. The van der Waals surface area contributed by atoms with Gasteiger partial charge in [-0.25, -0.2) is 9.18 Å². The van der Waals surface area contributed by atoms with Crippen LogP contribution in [0.15, 0.2) is 53.5 Å². The molecule has 2 rings (SSSR count). The number of halogens is 1.